The van der Waals surface area contributed by atoms with E-state index in [1.54, 1.807) is 0 Å². The molecule has 0 amide bonds. The third-order valence-electron chi connectivity index (χ3n) is 2.04. The van der Waals surface area contributed by atoms with Crippen molar-refractivity contribution in [2.75, 3.05) is 12.4 Å². The SMILES string of the molecule is C=CCS(=O)(=O)OCCCc1ccccc1. The van der Waals surface area contributed by atoms with E-state index < -0.39 is 10.1 Å². The highest BCUT2D eigenvalue weighted by molar-refractivity contribution is 7.86. The molecule has 1 rings (SSSR count). The largest absolute Gasteiger partial charge is 0.270 e. The lowest BCUT2D eigenvalue weighted by atomic mass is 10.1. The van der Waals surface area contributed by atoms with Crippen molar-refractivity contribution in [1.82, 2.24) is 0 Å². The molecule has 1 aromatic rings. The second kappa shape index (κ2) is 6.45. The zero-order chi connectivity index (χ0) is 11.9. The van der Waals surface area contributed by atoms with Gasteiger partial charge in [-0.25, -0.2) is 0 Å². The van der Waals surface area contributed by atoms with Crippen LogP contribution in [0.1, 0.15) is 12.0 Å². The van der Waals surface area contributed by atoms with Crippen molar-refractivity contribution in [2.24, 2.45) is 0 Å². The van der Waals surface area contributed by atoms with Crippen molar-refractivity contribution in [2.45, 2.75) is 12.8 Å². The van der Waals surface area contributed by atoms with Crippen LogP contribution in [0.5, 0.6) is 0 Å². The molecular weight excluding hydrogens is 224 g/mol. The molecule has 0 radical (unpaired) electrons. The minimum Gasteiger partial charge on any atom is -0.270 e. The first kappa shape index (κ1) is 12.9. The Hall–Kier alpha value is -1.13. The average molecular weight is 240 g/mol. The molecule has 4 heteroatoms. The van der Waals surface area contributed by atoms with Crippen LogP contribution in [0, 0.1) is 0 Å². The van der Waals surface area contributed by atoms with Gasteiger partial charge < -0.3 is 0 Å². The Bertz CT molecular complexity index is 409. The highest BCUT2D eigenvalue weighted by Crippen LogP contribution is 2.03. The van der Waals surface area contributed by atoms with E-state index in [1.165, 1.54) is 11.6 Å². The number of benzene rings is 1. The number of rotatable bonds is 7. The molecule has 0 fully saturated rings. The summed E-state index contributed by atoms with van der Waals surface area (Å²) in [6, 6.07) is 9.90. The van der Waals surface area contributed by atoms with Crippen LogP contribution in [0.15, 0.2) is 43.0 Å². The van der Waals surface area contributed by atoms with Crippen molar-refractivity contribution in [3.63, 3.8) is 0 Å². The van der Waals surface area contributed by atoms with Crippen LogP contribution < -0.4 is 0 Å². The van der Waals surface area contributed by atoms with Gasteiger partial charge in [-0.2, -0.15) is 8.42 Å². The Kier molecular flexibility index (Phi) is 5.22. The molecule has 0 saturated heterocycles. The average Bonchev–Trinajstić information content (AvgIpc) is 2.26. The van der Waals surface area contributed by atoms with Gasteiger partial charge in [0, 0.05) is 0 Å². The fourth-order valence-corrected chi connectivity index (χ4v) is 2.06. The van der Waals surface area contributed by atoms with Gasteiger partial charge in [-0.05, 0) is 18.4 Å². The molecule has 0 heterocycles. The van der Waals surface area contributed by atoms with Gasteiger partial charge in [-0.15, -0.1) is 6.58 Å². The molecule has 0 unspecified atom stereocenters. The number of hydrogen-bond acceptors (Lipinski definition) is 3. The van der Waals surface area contributed by atoms with Crippen LogP contribution in [0.3, 0.4) is 0 Å². The second-order valence-corrected chi connectivity index (χ2v) is 5.11. The van der Waals surface area contributed by atoms with Gasteiger partial charge in [-0.1, -0.05) is 36.4 Å². The normalized spacial score (nSPS) is 11.2. The minimum atomic E-state index is -3.40. The lowest BCUT2D eigenvalue weighted by Gasteiger charge is -2.03. The van der Waals surface area contributed by atoms with Crippen molar-refractivity contribution in [3.05, 3.63) is 48.6 Å². The van der Waals surface area contributed by atoms with Gasteiger partial charge in [0.05, 0.1) is 12.4 Å². The molecule has 16 heavy (non-hydrogen) atoms. The maximum atomic E-state index is 11.1. The summed E-state index contributed by atoms with van der Waals surface area (Å²) in [5.41, 5.74) is 1.19. The van der Waals surface area contributed by atoms with E-state index in [2.05, 4.69) is 6.58 Å². The summed E-state index contributed by atoms with van der Waals surface area (Å²) in [5.74, 6) is -0.127. The van der Waals surface area contributed by atoms with Crippen LogP contribution in [0.2, 0.25) is 0 Å². The van der Waals surface area contributed by atoms with Gasteiger partial charge >= 0.3 is 0 Å². The van der Waals surface area contributed by atoms with E-state index in [0.717, 1.165) is 6.42 Å². The van der Waals surface area contributed by atoms with Crippen molar-refractivity contribution >= 4 is 10.1 Å². The molecule has 0 aromatic heterocycles. The summed E-state index contributed by atoms with van der Waals surface area (Å²) in [7, 11) is -3.40. The highest BCUT2D eigenvalue weighted by atomic mass is 32.2. The Morgan fingerprint density at radius 1 is 1.25 bits per heavy atom. The smallest absolute Gasteiger partial charge is 0.270 e. The maximum Gasteiger partial charge on any atom is 0.270 e. The first-order valence-electron chi connectivity index (χ1n) is 5.16. The third-order valence-corrected chi connectivity index (χ3v) is 3.21. The van der Waals surface area contributed by atoms with Crippen molar-refractivity contribution in [1.29, 1.82) is 0 Å². The predicted octanol–water partition coefficient (Wildman–Crippen LogP) is 2.15. The Morgan fingerprint density at radius 3 is 2.56 bits per heavy atom. The first-order valence-corrected chi connectivity index (χ1v) is 6.74. The number of hydrogen-bond donors (Lipinski definition) is 0. The standard InChI is InChI=1S/C12H16O3S/c1-2-11-16(13,14)15-10-6-9-12-7-4-3-5-8-12/h2-5,7-8H,1,6,9-11H2. The van der Waals surface area contributed by atoms with E-state index in [9.17, 15) is 8.42 Å². The summed E-state index contributed by atoms with van der Waals surface area (Å²) in [6.45, 7) is 3.59. The van der Waals surface area contributed by atoms with Crippen LogP contribution >= 0.6 is 0 Å². The van der Waals surface area contributed by atoms with Crippen LogP contribution in [0.4, 0.5) is 0 Å². The lowest BCUT2D eigenvalue weighted by Crippen LogP contribution is -2.10. The number of aryl methyl sites for hydroxylation is 1. The molecule has 3 nitrogen and oxygen atoms in total. The van der Waals surface area contributed by atoms with E-state index in [1.807, 2.05) is 30.3 Å². The monoisotopic (exact) mass is 240 g/mol. The van der Waals surface area contributed by atoms with Crippen LogP contribution in [-0.2, 0) is 20.7 Å². The van der Waals surface area contributed by atoms with Crippen molar-refractivity contribution < 1.29 is 12.6 Å². The van der Waals surface area contributed by atoms with Crippen LogP contribution in [-0.4, -0.2) is 20.8 Å². The zero-order valence-electron chi connectivity index (χ0n) is 9.13. The van der Waals surface area contributed by atoms with Gasteiger partial charge in [0.25, 0.3) is 10.1 Å². The van der Waals surface area contributed by atoms with Gasteiger partial charge in [0.1, 0.15) is 0 Å². The summed E-state index contributed by atoms with van der Waals surface area (Å²) >= 11 is 0. The van der Waals surface area contributed by atoms with Crippen molar-refractivity contribution in [3.8, 4) is 0 Å². The molecule has 0 aliphatic carbocycles. The minimum absolute atomic E-state index is 0.127. The quantitative estimate of drug-likeness (QED) is 0.416. The van der Waals surface area contributed by atoms with Gasteiger partial charge in [0.2, 0.25) is 0 Å². The van der Waals surface area contributed by atoms with E-state index in [4.69, 9.17) is 4.18 Å². The Morgan fingerprint density at radius 2 is 1.94 bits per heavy atom. The summed E-state index contributed by atoms with van der Waals surface area (Å²) in [5, 5.41) is 0. The highest BCUT2D eigenvalue weighted by Gasteiger charge is 2.07. The van der Waals surface area contributed by atoms with Gasteiger partial charge in [0.15, 0.2) is 0 Å². The lowest BCUT2D eigenvalue weighted by molar-refractivity contribution is 0.314. The van der Waals surface area contributed by atoms with E-state index in [0.29, 0.717) is 6.42 Å². The predicted molar refractivity (Wildman–Crippen MR) is 64.7 cm³/mol. The van der Waals surface area contributed by atoms with E-state index >= 15 is 0 Å². The van der Waals surface area contributed by atoms with Crippen LogP contribution in [0.25, 0.3) is 0 Å². The molecule has 1 aromatic carbocycles. The Labute approximate surface area is 96.9 Å². The molecule has 0 aliphatic heterocycles. The van der Waals surface area contributed by atoms with E-state index in [-0.39, 0.29) is 12.4 Å². The molecule has 0 bridgehead atoms. The summed E-state index contributed by atoms with van der Waals surface area (Å²) in [6.07, 6.45) is 2.84. The topological polar surface area (TPSA) is 43.4 Å². The summed E-state index contributed by atoms with van der Waals surface area (Å²) < 4.78 is 27.1. The fraction of sp³-hybridized carbons (Fsp3) is 0.333. The molecule has 0 spiro atoms. The molecule has 0 saturated carbocycles. The Balaban J connectivity index is 2.25. The molecule has 88 valence electrons. The molecule has 0 atom stereocenters. The molecule has 0 N–H and O–H groups in total. The fourth-order valence-electron chi connectivity index (χ4n) is 1.30. The molecular formula is C12H16O3S. The molecule has 0 aliphatic rings. The second-order valence-electron chi connectivity index (χ2n) is 3.42. The third kappa shape index (κ3) is 5.09. The maximum absolute atomic E-state index is 11.1. The summed E-state index contributed by atoms with van der Waals surface area (Å²) in [4.78, 5) is 0. The first-order chi connectivity index (χ1) is 7.64. The van der Waals surface area contributed by atoms with Gasteiger partial charge in [-0.3, -0.25) is 4.18 Å². The zero-order valence-corrected chi connectivity index (χ0v) is 9.95.